The summed E-state index contributed by atoms with van der Waals surface area (Å²) in [6.07, 6.45) is -7.10. The number of amides is 2. The second-order valence-electron chi connectivity index (χ2n) is 8.15. The average molecular weight is 564 g/mol. The average Bonchev–Trinajstić information content (AvgIpc) is 2.89. The van der Waals surface area contributed by atoms with E-state index < -0.39 is 53.2 Å². The predicted octanol–water partition coefficient (Wildman–Crippen LogP) is 5.08. The van der Waals surface area contributed by atoms with Crippen LogP contribution in [-0.4, -0.2) is 28.3 Å². The van der Waals surface area contributed by atoms with Crippen molar-refractivity contribution in [3.8, 4) is 11.8 Å². The van der Waals surface area contributed by atoms with Crippen LogP contribution in [0, 0.1) is 17.7 Å². The van der Waals surface area contributed by atoms with Crippen LogP contribution in [0.2, 0.25) is 0 Å². The quantitative estimate of drug-likeness (QED) is 0.247. The predicted molar refractivity (Wildman–Crippen MR) is 130 cm³/mol. The fourth-order valence-corrected chi connectivity index (χ4v) is 3.35. The van der Waals surface area contributed by atoms with Crippen LogP contribution < -0.4 is 10.2 Å². The number of benzene rings is 1. The zero-order valence-electron chi connectivity index (χ0n) is 20.4. The van der Waals surface area contributed by atoms with E-state index in [0.29, 0.717) is 11.1 Å². The molecule has 0 saturated heterocycles. The topological polar surface area (TPSA) is 75.2 Å². The van der Waals surface area contributed by atoms with Gasteiger partial charge >= 0.3 is 12.4 Å². The SMILES string of the molecule is C=CC(=O)NCc1cncc(C#CCN(C(=O)Cc2ncc(C(F)(F)F)cc2C(F)(F)F)c2ccc(F)cc2)c1. The van der Waals surface area contributed by atoms with Crippen LogP contribution in [0.1, 0.15) is 27.9 Å². The zero-order valence-corrected chi connectivity index (χ0v) is 20.4. The molecule has 1 N–H and O–H groups in total. The molecule has 0 spiro atoms. The molecule has 3 aromatic rings. The molecule has 0 aliphatic heterocycles. The Balaban J connectivity index is 1.89. The fourth-order valence-electron chi connectivity index (χ4n) is 3.35. The first-order valence-corrected chi connectivity index (χ1v) is 11.3. The molecule has 2 aromatic heterocycles. The molecule has 0 unspecified atom stereocenters. The third kappa shape index (κ3) is 8.13. The number of pyridine rings is 2. The monoisotopic (exact) mass is 564 g/mol. The van der Waals surface area contributed by atoms with Crippen molar-refractivity contribution >= 4 is 17.5 Å². The molecule has 0 bridgehead atoms. The molecule has 2 heterocycles. The second kappa shape index (κ2) is 12.4. The van der Waals surface area contributed by atoms with Gasteiger partial charge < -0.3 is 10.2 Å². The van der Waals surface area contributed by atoms with Gasteiger partial charge in [0.15, 0.2) is 0 Å². The van der Waals surface area contributed by atoms with Gasteiger partial charge in [-0.15, -0.1) is 0 Å². The van der Waals surface area contributed by atoms with Crippen molar-refractivity contribution < 1.29 is 40.3 Å². The molecular formula is C27H19F7N4O2. The molecule has 0 aliphatic carbocycles. The molecule has 1 aromatic carbocycles. The highest BCUT2D eigenvalue weighted by Gasteiger charge is 2.39. The summed E-state index contributed by atoms with van der Waals surface area (Å²) in [6, 6.07) is 5.94. The van der Waals surface area contributed by atoms with E-state index in [-0.39, 0.29) is 31.0 Å². The van der Waals surface area contributed by atoms with Gasteiger partial charge in [-0.05, 0) is 48.0 Å². The summed E-state index contributed by atoms with van der Waals surface area (Å²) in [5, 5.41) is 2.56. The minimum absolute atomic E-state index is 0.0835. The number of hydrogen-bond acceptors (Lipinski definition) is 4. The van der Waals surface area contributed by atoms with Crippen LogP contribution in [0.25, 0.3) is 0 Å². The van der Waals surface area contributed by atoms with Crippen LogP contribution in [0.15, 0.2) is 67.6 Å². The number of hydrogen-bond donors (Lipinski definition) is 1. The van der Waals surface area contributed by atoms with Gasteiger partial charge in [0.2, 0.25) is 11.8 Å². The highest BCUT2D eigenvalue weighted by molar-refractivity contribution is 5.95. The number of anilines is 1. The maximum Gasteiger partial charge on any atom is 0.418 e. The smallest absolute Gasteiger partial charge is 0.348 e. The molecule has 0 radical (unpaired) electrons. The van der Waals surface area contributed by atoms with E-state index in [1.165, 1.54) is 24.5 Å². The highest BCUT2D eigenvalue weighted by Crippen LogP contribution is 2.36. The lowest BCUT2D eigenvalue weighted by molar-refractivity contribution is -0.144. The van der Waals surface area contributed by atoms with Crippen molar-refractivity contribution in [2.45, 2.75) is 25.3 Å². The first-order chi connectivity index (χ1) is 18.8. The van der Waals surface area contributed by atoms with Crippen LogP contribution in [0.3, 0.4) is 0 Å². The number of nitrogens with zero attached hydrogens (tertiary/aromatic N) is 3. The lowest BCUT2D eigenvalue weighted by atomic mass is 10.1. The number of alkyl halides is 6. The number of nitrogens with one attached hydrogen (secondary N) is 1. The molecule has 6 nitrogen and oxygen atoms in total. The Hall–Kier alpha value is -4.73. The first kappa shape index (κ1) is 29.8. The molecular weight excluding hydrogens is 545 g/mol. The number of carbonyl (C=O) groups excluding carboxylic acids is 2. The Bertz CT molecular complexity index is 1460. The third-order valence-electron chi connectivity index (χ3n) is 5.28. The van der Waals surface area contributed by atoms with Gasteiger partial charge in [-0.2, -0.15) is 26.3 Å². The standard InChI is InChI=1S/C27H19F7N4O2/c1-2-24(39)37-15-18-10-17(13-35-14-18)4-3-9-38(21-7-5-20(28)6-8-21)25(40)12-23-22(27(32,33)34)11-19(16-36-23)26(29,30)31/h2,5-8,10-11,13-14,16H,1,9,12,15H2,(H,37,39). The van der Waals surface area contributed by atoms with Crippen LogP contribution in [0.4, 0.5) is 36.4 Å². The molecule has 0 aliphatic rings. The van der Waals surface area contributed by atoms with Crippen molar-refractivity contribution in [2.24, 2.45) is 0 Å². The Morgan fingerprint density at radius 1 is 1.00 bits per heavy atom. The molecule has 40 heavy (non-hydrogen) atoms. The van der Waals surface area contributed by atoms with Gasteiger partial charge in [-0.1, -0.05) is 18.4 Å². The molecule has 0 fully saturated rings. The largest absolute Gasteiger partial charge is 0.418 e. The molecule has 3 rings (SSSR count). The van der Waals surface area contributed by atoms with Gasteiger partial charge in [0.05, 0.1) is 29.8 Å². The van der Waals surface area contributed by atoms with E-state index in [9.17, 15) is 40.3 Å². The first-order valence-electron chi connectivity index (χ1n) is 11.3. The number of halogens is 7. The number of aromatic nitrogens is 2. The van der Waals surface area contributed by atoms with E-state index in [4.69, 9.17) is 0 Å². The maximum atomic E-state index is 13.5. The Kier molecular flexibility index (Phi) is 9.26. The van der Waals surface area contributed by atoms with Gasteiger partial charge in [0.1, 0.15) is 5.82 Å². The fraction of sp³-hybridized carbons (Fsp3) is 0.185. The minimum Gasteiger partial charge on any atom is -0.348 e. The lowest BCUT2D eigenvalue weighted by Crippen LogP contribution is -2.33. The van der Waals surface area contributed by atoms with E-state index >= 15 is 0 Å². The van der Waals surface area contributed by atoms with Crippen molar-refractivity contribution in [3.63, 3.8) is 0 Å². The van der Waals surface area contributed by atoms with E-state index in [2.05, 4.69) is 33.7 Å². The molecule has 2 amide bonds. The summed E-state index contributed by atoms with van der Waals surface area (Å²) < 4.78 is 93.0. The Morgan fingerprint density at radius 2 is 1.70 bits per heavy atom. The second-order valence-corrected chi connectivity index (χ2v) is 8.15. The van der Waals surface area contributed by atoms with Crippen LogP contribution in [-0.2, 0) is 34.9 Å². The van der Waals surface area contributed by atoms with Crippen molar-refractivity contribution in [1.82, 2.24) is 15.3 Å². The zero-order chi connectivity index (χ0) is 29.5. The summed E-state index contributed by atoms with van der Waals surface area (Å²) in [6.45, 7) is 3.10. The Morgan fingerprint density at radius 3 is 2.33 bits per heavy atom. The van der Waals surface area contributed by atoms with E-state index in [1.54, 1.807) is 6.07 Å². The van der Waals surface area contributed by atoms with E-state index in [0.717, 1.165) is 23.1 Å². The molecule has 0 saturated carbocycles. The van der Waals surface area contributed by atoms with Gasteiger partial charge in [-0.25, -0.2) is 4.39 Å². The van der Waals surface area contributed by atoms with Gasteiger partial charge in [0.25, 0.3) is 0 Å². The number of rotatable bonds is 7. The van der Waals surface area contributed by atoms with Crippen molar-refractivity contribution in [3.05, 3.63) is 101 Å². The summed E-state index contributed by atoms with van der Waals surface area (Å²) in [4.78, 5) is 32.7. The van der Waals surface area contributed by atoms with Gasteiger partial charge in [0, 0.05) is 36.4 Å². The Labute approximate surface area is 223 Å². The minimum atomic E-state index is -5.21. The van der Waals surface area contributed by atoms with E-state index in [1.807, 2.05) is 0 Å². The normalized spacial score (nSPS) is 11.3. The molecule has 208 valence electrons. The van der Waals surface area contributed by atoms with Crippen LogP contribution >= 0.6 is 0 Å². The summed E-state index contributed by atoms with van der Waals surface area (Å²) in [5.41, 5.74) is -3.16. The summed E-state index contributed by atoms with van der Waals surface area (Å²) in [7, 11) is 0. The lowest BCUT2D eigenvalue weighted by Gasteiger charge is -2.21. The van der Waals surface area contributed by atoms with Crippen molar-refractivity contribution in [1.29, 1.82) is 0 Å². The van der Waals surface area contributed by atoms with Crippen molar-refractivity contribution in [2.75, 3.05) is 11.4 Å². The number of carbonyl (C=O) groups is 2. The molecule has 0 atom stereocenters. The highest BCUT2D eigenvalue weighted by atomic mass is 19.4. The summed E-state index contributed by atoms with van der Waals surface area (Å²) in [5.74, 6) is 3.41. The third-order valence-corrected chi connectivity index (χ3v) is 5.28. The summed E-state index contributed by atoms with van der Waals surface area (Å²) >= 11 is 0. The molecule has 13 heteroatoms. The van der Waals surface area contributed by atoms with Gasteiger partial charge in [-0.3, -0.25) is 19.6 Å². The maximum absolute atomic E-state index is 13.5. The van der Waals surface area contributed by atoms with Crippen LogP contribution in [0.5, 0.6) is 0 Å².